The van der Waals surface area contributed by atoms with Crippen molar-refractivity contribution in [1.29, 1.82) is 0 Å². The topological polar surface area (TPSA) is 3.24 Å². The third kappa shape index (κ3) is 3.59. The maximum Gasteiger partial charge on any atom is 0.0242 e. The summed E-state index contributed by atoms with van der Waals surface area (Å²) < 4.78 is 0. The van der Waals surface area contributed by atoms with E-state index in [1.807, 2.05) is 0 Å². The molecule has 1 heteroatoms. The van der Waals surface area contributed by atoms with E-state index in [0.29, 0.717) is 6.04 Å². The fraction of sp³-hybridized carbons (Fsp3) is 0.429. The van der Waals surface area contributed by atoms with Crippen LogP contribution in [0.3, 0.4) is 0 Å². The second kappa shape index (κ2) is 6.66. The first-order valence-electron chi connectivity index (χ1n) is 8.50. The molecule has 2 aromatic carbocycles. The molecule has 1 heterocycles. The van der Waals surface area contributed by atoms with Gasteiger partial charge in [-0.2, -0.15) is 0 Å². The average molecular weight is 293 g/mol. The van der Waals surface area contributed by atoms with E-state index >= 15 is 0 Å². The molecule has 3 rings (SSSR count). The first kappa shape index (κ1) is 15.3. The Morgan fingerprint density at radius 1 is 0.909 bits per heavy atom. The highest BCUT2D eigenvalue weighted by atomic mass is 15.2. The van der Waals surface area contributed by atoms with Crippen molar-refractivity contribution >= 4 is 0 Å². The quantitative estimate of drug-likeness (QED) is 0.761. The number of benzene rings is 2. The van der Waals surface area contributed by atoms with Crippen molar-refractivity contribution in [1.82, 2.24) is 4.90 Å². The molecule has 0 radical (unpaired) electrons. The molecule has 1 fully saturated rings. The number of nitrogens with zero attached hydrogens (tertiary/aromatic N) is 1. The lowest BCUT2D eigenvalue weighted by Crippen LogP contribution is -2.53. The molecule has 0 aliphatic carbocycles. The summed E-state index contributed by atoms with van der Waals surface area (Å²) in [6.45, 7) is 5.88. The van der Waals surface area contributed by atoms with Crippen LogP contribution in [0.1, 0.15) is 44.2 Å². The Labute approximate surface area is 135 Å². The van der Waals surface area contributed by atoms with Crippen LogP contribution in [0.5, 0.6) is 0 Å². The van der Waals surface area contributed by atoms with Crippen LogP contribution in [-0.4, -0.2) is 16.5 Å². The minimum Gasteiger partial charge on any atom is -0.291 e. The summed E-state index contributed by atoms with van der Waals surface area (Å²) in [5.41, 5.74) is 3.17. The van der Waals surface area contributed by atoms with Crippen molar-refractivity contribution in [2.75, 3.05) is 0 Å². The molecule has 0 N–H and O–H groups in total. The summed E-state index contributed by atoms with van der Waals surface area (Å²) in [5.74, 6) is 0. The Balaban J connectivity index is 1.80. The lowest BCUT2D eigenvalue weighted by molar-refractivity contribution is 0.0158. The Morgan fingerprint density at radius 2 is 1.50 bits per heavy atom. The van der Waals surface area contributed by atoms with Crippen molar-refractivity contribution in [3.05, 3.63) is 71.8 Å². The van der Waals surface area contributed by atoms with E-state index in [0.717, 1.165) is 13.0 Å². The minimum absolute atomic E-state index is 0.285. The predicted octanol–water partition coefficient (Wildman–Crippen LogP) is 5.06. The standard InChI is InChI=1S/C21H27N/c1-21(2)15-9-14-20(16-18-10-5-3-6-11-18)22(21)17-19-12-7-4-8-13-19/h3-8,10-13,20H,9,14-17H2,1-2H3. The normalized spacial score (nSPS) is 21.6. The lowest BCUT2D eigenvalue weighted by atomic mass is 9.83. The van der Waals surface area contributed by atoms with Gasteiger partial charge in [0.1, 0.15) is 0 Å². The van der Waals surface area contributed by atoms with E-state index in [9.17, 15) is 0 Å². The maximum absolute atomic E-state index is 2.73. The van der Waals surface area contributed by atoms with Crippen LogP contribution in [0.15, 0.2) is 60.7 Å². The van der Waals surface area contributed by atoms with Gasteiger partial charge in [-0.3, -0.25) is 4.90 Å². The monoisotopic (exact) mass is 293 g/mol. The molecule has 1 aliphatic heterocycles. The summed E-state index contributed by atoms with van der Waals surface area (Å²) in [7, 11) is 0. The number of rotatable bonds is 4. The zero-order valence-electron chi connectivity index (χ0n) is 13.8. The molecule has 1 saturated heterocycles. The van der Waals surface area contributed by atoms with Gasteiger partial charge in [0, 0.05) is 18.1 Å². The van der Waals surface area contributed by atoms with Gasteiger partial charge in [0.2, 0.25) is 0 Å². The molecule has 116 valence electrons. The van der Waals surface area contributed by atoms with Gasteiger partial charge in [0.25, 0.3) is 0 Å². The summed E-state index contributed by atoms with van der Waals surface area (Å²) in [4.78, 5) is 2.73. The Bertz CT molecular complexity index is 573. The summed E-state index contributed by atoms with van der Waals surface area (Å²) >= 11 is 0. The van der Waals surface area contributed by atoms with Crippen molar-refractivity contribution in [3.8, 4) is 0 Å². The molecule has 1 unspecified atom stereocenters. The molecule has 1 aliphatic rings. The molecule has 0 amide bonds. The molecule has 1 nitrogen and oxygen atoms in total. The van der Waals surface area contributed by atoms with Gasteiger partial charge in [-0.1, -0.05) is 67.1 Å². The van der Waals surface area contributed by atoms with E-state index in [1.54, 1.807) is 0 Å². The number of piperidine rings is 1. The van der Waals surface area contributed by atoms with Crippen LogP contribution >= 0.6 is 0 Å². The molecule has 22 heavy (non-hydrogen) atoms. The fourth-order valence-electron chi connectivity index (χ4n) is 3.79. The molecule has 1 atom stereocenters. The van der Waals surface area contributed by atoms with E-state index in [2.05, 4.69) is 79.4 Å². The van der Waals surface area contributed by atoms with Gasteiger partial charge >= 0.3 is 0 Å². The molecule has 0 aromatic heterocycles. The highest BCUT2D eigenvalue weighted by Crippen LogP contribution is 2.34. The Morgan fingerprint density at radius 3 is 2.14 bits per heavy atom. The highest BCUT2D eigenvalue weighted by Gasteiger charge is 2.35. The van der Waals surface area contributed by atoms with E-state index < -0.39 is 0 Å². The van der Waals surface area contributed by atoms with Crippen molar-refractivity contribution in [3.63, 3.8) is 0 Å². The first-order chi connectivity index (χ1) is 10.6. The third-order valence-electron chi connectivity index (χ3n) is 5.05. The molecular weight excluding hydrogens is 266 g/mol. The van der Waals surface area contributed by atoms with Gasteiger partial charge in [0.05, 0.1) is 0 Å². The Hall–Kier alpha value is -1.60. The second-order valence-electron chi connectivity index (χ2n) is 7.16. The van der Waals surface area contributed by atoms with Gasteiger partial charge in [0.15, 0.2) is 0 Å². The molecule has 0 spiro atoms. The zero-order valence-corrected chi connectivity index (χ0v) is 13.8. The van der Waals surface area contributed by atoms with Crippen LogP contribution in [0, 0.1) is 0 Å². The summed E-state index contributed by atoms with van der Waals surface area (Å²) in [5, 5.41) is 0. The first-order valence-corrected chi connectivity index (χ1v) is 8.50. The van der Waals surface area contributed by atoms with Crippen molar-refractivity contribution in [2.24, 2.45) is 0 Å². The van der Waals surface area contributed by atoms with Crippen LogP contribution in [0.4, 0.5) is 0 Å². The minimum atomic E-state index is 0.285. The second-order valence-corrected chi connectivity index (χ2v) is 7.16. The van der Waals surface area contributed by atoms with Crippen molar-refractivity contribution in [2.45, 2.75) is 57.7 Å². The molecule has 2 aromatic rings. The number of likely N-dealkylation sites (tertiary alicyclic amines) is 1. The van der Waals surface area contributed by atoms with Crippen molar-refractivity contribution < 1.29 is 0 Å². The van der Waals surface area contributed by atoms with Crippen LogP contribution in [0.25, 0.3) is 0 Å². The third-order valence-corrected chi connectivity index (χ3v) is 5.05. The van der Waals surface area contributed by atoms with Gasteiger partial charge in [-0.05, 0) is 44.2 Å². The van der Waals surface area contributed by atoms with Gasteiger partial charge in [-0.25, -0.2) is 0 Å². The van der Waals surface area contributed by atoms with Gasteiger partial charge in [-0.15, -0.1) is 0 Å². The van der Waals surface area contributed by atoms with Crippen LogP contribution in [-0.2, 0) is 13.0 Å². The van der Waals surface area contributed by atoms with E-state index in [-0.39, 0.29) is 5.54 Å². The van der Waals surface area contributed by atoms with E-state index in [4.69, 9.17) is 0 Å². The predicted molar refractivity (Wildman–Crippen MR) is 93.8 cm³/mol. The largest absolute Gasteiger partial charge is 0.291 e. The summed E-state index contributed by atoms with van der Waals surface area (Å²) in [6.07, 6.45) is 5.11. The highest BCUT2D eigenvalue weighted by molar-refractivity contribution is 5.18. The fourth-order valence-corrected chi connectivity index (χ4v) is 3.79. The van der Waals surface area contributed by atoms with Gasteiger partial charge < -0.3 is 0 Å². The van der Waals surface area contributed by atoms with E-state index in [1.165, 1.54) is 30.4 Å². The van der Waals surface area contributed by atoms with Crippen LogP contribution in [0.2, 0.25) is 0 Å². The smallest absolute Gasteiger partial charge is 0.0242 e. The Kier molecular flexibility index (Phi) is 4.63. The maximum atomic E-state index is 2.73. The number of hydrogen-bond donors (Lipinski definition) is 0. The average Bonchev–Trinajstić information content (AvgIpc) is 2.53. The molecule has 0 bridgehead atoms. The van der Waals surface area contributed by atoms with Crippen LogP contribution < -0.4 is 0 Å². The lowest BCUT2D eigenvalue weighted by Gasteiger charge is -2.48. The molecular formula is C21H27N. The SMILES string of the molecule is CC1(C)CCCC(Cc2ccccc2)N1Cc1ccccc1. The summed E-state index contributed by atoms with van der Waals surface area (Å²) in [6, 6.07) is 22.5. The zero-order chi connectivity index (χ0) is 15.4. The molecule has 0 saturated carbocycles. The number of hydrogen-bond acceptors (Lipinski definition) is 1.